The van der Waals surface area contributed by atoms with Crippen LogP contribution in [-0.4, -0.2) is 42.5 Å². The molecular weight excluding hydrogens is 324 g/mol. The molecule has 0 bridgehead atoms. The van der Waals surface area contributed by atoms with Crippen LogP contribution >= 0.6 is 11.6 Å². The van der Waals surface area contributed by atoms with Crippen LogP contribution in [0.3, 0.4) is 0 Å². The summed E-state index contributed by atoms with van der Waals surface area (Å²) in [6.07, 6.45) is 1.04. The fourth-order valence-electron chi connectivity index (χ4n) is 1.76. The lowest BCUT2D eigenvalue weighted by Gasteiger charge is -2.17. The molecule has 0 radical (unpaired) electrons. The first-order chi connectivity index (χ1) is 9.51. The van der Waals surface area contributed by atoms with Crippen LogP contribution in [0, 0.1) is 10.1 Å². The molecule has 0 saturated carbocycles. The lowest BCUT2D eigenvalue weighted by atomic mass is 10.1. The van der Waals surface area contributed by atoms with Crippen LogP contribution in [0.1, 0.15) is 17.3 Å². The Morgan fingerprint density at radius 1 is 1.52 bits per heavy atom. The van der Waals surface area contributed by atoms with Crippen molar-refractivity contribution in [2.45, 2.75) is 13.0 Å². The van der Waals surface area contributed by atoms with Crippen LogP contribution < -0.4 is 5.32 Å². The van der Waals surface area contributed by atoms with Crippen LogP contribution in [-0.2, 0) is 9.84 Å². The van der Waals surface area contributed by atoms with E-state index in [4.69, 9.17) is 16.7 Å². The number of rotatable bonds is 6. The minimum atomic E-state index is -3.27. The van der Waals surface area contributed by atoms with Gasteiger partial charge < -0.3 is 10.4 Å². The Balaban J connectivity index is 3.23. The van der Waals surface area contributed by atoms with Crippen molar-refractivity contribution in [3.63, 3.8) is 0 Å². The number of carbonyl (C=O) groups is 1. The molecule has 1 aromatic carbocycles. The maximum atomic E-state index is 11.2. The topological polar surface area (TPSA) is 127 Å². The second kappa shape index (κ2) is 6.27. The molecular formula is C11H13ClN2O6S. The standard InChI is InChI=1S/C11H13ClN2O6S/c1-6(5-21(2,19)20)13-10-8(11(15)16)3-7(14(17)18)4-9(10)12/h3-4,6,13H,5H2,1-2H3,(H,15,16). The molecule has 0 fully saturated rings. The summed E-state index contributed by atoms with van der Waals surface area (Å²) in [5.74, 6) is -1.64. The minimum absolute atomic E-state index is 0.0501. The van der Waals surface area contributed by atoms with E-state index in [1.807, 2.05) is 0 Å². The van der Waals surface area contributed by atoms with Gasteiger partial charge in [-0.1, -0.05) is 11.6 Å². The van der Waals surface area contributed by atoms with Crippen molar-refractivity contribution in [2.24, 2.45) is 0 Å². The molecule has 1 unspecified atom stereocenters. The number of carboxylic acid groups (broad SMARTS) is 1. The van der Waals surface area contributed by atoms with Crippen LogP contribution in [0.15, 0.2) is 12.1 Å². The van der Waals surface area contributed by atoms with Crippen LogP contribution in [0.4, 0.5) is 11.4 Å². The summed E-state index contributed by atoms with van der Waals surface area (Å²) in [7, 11) is -3.27. The summed E-state index contributed by atoms with van der Waals surface area (Å²) in [5.41, 5.74) is -0.904. The number of carboxylic acids is 1. The number of nitrogens with zero attached hydrogens (tertiary/aromatic N) is 1. The summed E-state index contributed by atoms with van der Waals surface area (Å²) in [6, 6.07) is 1.25. The van der Waals surface area contributed by atoms with E-state index in [9.17, 15) is 23.3 Å². The van der Waals surface area contributed by atoms with Gasteiger partial charge in [0.1, 0.15) is 9.84 Å². The van der Waals surface area contributed by atoms with Gasteiger partial charge in [0.25, 0.3) is 5.69 Å². The number of hydrogen-bond acceptors (Lipinski definition) is 6. The lowest BCUT2D eigenvalue weighted by molar-refractivity contribution is -0.384. The fourth-order valence-corrected chi connectivity index (χ4v) is 3.02. The Kier molecular flexibility index (Phi) is 5.13. The zero-order valence-corrected chi connectivity index (χ0v) is 12.7. The summed E-state index contributed by atoms with van der Waals surface area (Å²) in [5, 5.41) is 22.3. The highest BCUT2D eigenvalue weighted by Crippen LogP contribution is 2.32. The largest absolute Gasteiger partial charge is 0.478 e. The second-order valence-corrected chi connectivity index (χ2v) is 7.14. The molecule has 8 nitrogen and oxygen atoms in total. The maximum absolute atomic E-state index is 11.2. The Hall–Kier alpha value is -1.87. The number of benzene rings is 1. The first-order valence-corrected chi connectivity index (χ1v) is 8.10. The van der Waals surface area contributed by atoms with Crippen LogP contribution in [0.25, 0.3) is 0 Å². The summed E-state index contributed by atoms with van der Waals surface area (Å²) in [6.45, 7) is 1.53. The molecule has 21 heavy (non-hydrogen) atoms. The van der Waals surface area contributed by atoms with E-state index >= 15 is 0 Å². The number of aromatic carboxylic acids is 1. The highest BCUT2D eigenvalue weighted by molar-refractivity contribution is 7.90. The zero-order valence-electron chi connectivity index (χ0n) is 11.2. The van der Waals surface area contributed by atoms with Crippen molar-refractivity contribution >= 4 is 38.8 Å². The van der Waals surface area contributed by atoms with Gasteiger partial charge in [-0.3, -0.25) is 10.1 Å². The van der Waals surface area contributed by atoms with E-state index in [1.54, 1.807) is 0 Å². The number of anilines is 1. The van der Waals surface area contributed by atoms with E-state index in [-0.39, 0.29) is 16.5 Å². The van der Waals surface area contributed by atoms with Crippen molar-refractivity contribution in [1.82, 2.24) is 0 Å². The van der Waals surface area contributed by atoms with E-state index in [1.165, 1.54) is 6.92 Å². The monoisotopic (exact) mass is 336 g/mol. The van der Waals surface area contributed by atoms with Crippen molar-refractivity contribution in [2.75, 3.05) is 17.3 Å². The van der Waals surface area contributed by atoms with E-state index < -0.39 is 38.0 Å². The molecule has 1 aromatic rings. The van der Waals surface area contributed by atoms with E-state index in [0.717, 1.165) is 18.4 Å². The van der Waals surface area contributed by atoms with Gasteiger partial charge >= 0.3 is 5.97 Å². The number of sulfone groups is 1. The van der Waals surface area contributed by atoms with Gasteiger partial charge in [-0.15, -0.1) is 0 Å². The first kappa shape index (κ1) is 17.2. The predicted octanol–water partition coefficient (Wildman–Crippen LogP) is 1.79. The van der Waals surface area contributed by atoms with Gasteiger partial charge in [-0.2, -0.15) is 0 Å². The molecule has 1 rings (SSSR count). The molecule has 0 saturated heterocycles. The summed E-state index contributed by atoms with van der Waals surface area (Å²) >= 11 is 5.86. The molecule has 2 N–H and O–H groups in total. The van der Waals surface area contributed by atoms with Gasteiger partial charge in [-0.25, -0.2) is 13.2 Å². The SMILES string of the molecule is CC(CS(C)(=O)=O)Nc1c(Cl)cc([N+](=O)[O-])cc1C(=O)O. The Labute approximate surface area is 125 Å². The first-order valence-electron chi connectivity index (χ1n) is 5.66. The van der Waals surface area contributed by atoms with Crippen LogP contribution in [0.2, 0.25) is 5.02 Å². The van der Waals surface area contributed by atoms with Gasteiger partial charge in [0, 0.05) is 24.4 Å². The Morgan fingerprint density at radius 2 is 2.10 bits per heavy atom. The van der Waals surface area contributed by atoms with Crippen molar-refractivity contribution < 1.29 is 23.2 Å². The highest BCUT2D eigenvalue weighted by atomic mass is 35.5. The molecule has 0 heterocycles. The fraction of sp³-hybridized carbons (Fsp3) is 0.364. The minimum Gasteiger partial charge on any atom is -0.478 e. The summed E-state index contributed by atoms with van der Waals surface area (Å²) in [4.78, 5) is 21.1. The molecule has 0 aliphatic heterocycles. The zero-order chi connectivity index (χ0) is 16.4. The number of non-ortho nitro benzene ring substituents is 1. The number of nitro benzene ring substituents is 1. The quantitative estimate of drug-likeness (QED) is 0.598. The number of nitro groups is 1. The smallest absolute Gasteiger partial charge is 0.338 e. The number of halogens is 1. The second-order valence-electron chi connectivity index (χ2n) is 4.55. The summed E-state index contributed by atoms with van der Waals surface area (Å²) < 4.78 is 22.4. The van der Waals surface area contributed by atoms with E-state index in [0.29, 0.717) is 0 Å². The lowest BCUT2D eigenvalue weighted by Crippen LogP contribution is -2.26. The number of nitrogens with one attached hydrogen (secondary N) is 1. The van der Waals surface area contributed by atoms with Crippen LogP contribution in [0.5, 0.6) is 0 Å². The van der Waals surface area contributed by atoms with Gasteiger partial charge in [0.2, 0.25) is 0 Å². The molecule has 116 valence electrons. The van der Waals surface area contributed by atoms with Crippen molar-refractivity contribution in [1.29, 1.82) is 0 Å². The predicted molar refractivity (Wildman–Crippen MR) is 77.9 cm³/mol. The highest BCUT2D eigenvalue weighted by Gasteiger charge is 2.22. The Morgan fingerprint density at radius 3 is 2.52 bits per heavy atom. The normalized spacial score (nSPS) is 12.7. The van der Waals surface area contributed by atoms with Gasteiger partial charge in [0.15, 0.2) is 0 Å². The average molecular weight is 337 g/mol. The Bertz CT molecular complexity index is 688. The average Bonchev–Trinajstić information content (AvgIpc) is 2.28. The molecule has 0 amide bonds. The molecule has 0 spiro atoms. The third-order valence-electron chi connectivity index (χ3n) is 2.46. The molecule has 0 aliphatic rings. The third kappa shape index (κ3) is 4.87. The van der Waals surface area contributed by atoms with Gasteiger partial charge in [0.05, 0.1) is 26.9 Å². The molecule has 10 heteroatoms. The van der Waals surface area contributed by atoms with Crippen molar-refractivity contribution in [3.05, 3.63) is 32.8 Å². The van der Waals surface area contributed by atoms with E-state index in [2.05, 4.69) is 5.32 Å². The third-order valence-corrected chi connectivity index (χ3v) is 3.86. The molecule has 1 atom stereocenters. The molecule has 0 aromatic heterocycles. The van der Waals surface area contributed by atoms with Gasteiger partial charge in [-0.05, 0) is 6.92 Å². The van der Waals surface area contributed by atoms with Crippen molar-refractivity contribution in [3.8, 4) is 0 Å². The maximum Gasteiger partial charge on any atom is 0.338 e. The number of hydrogen-bond donors (Lipinski definition) is 2. The molecule has 0 aliphatic carbocycles.